The van der Waals surface area contributed by atoms with Crippen LogP contribution in [0.2, 0.25) is 0 Å². The van der Waals surface area contributed by atoms with Gasteiger partial charge in [0.15, 0.2) is 0 Å². The summed E-state index contributed by atoms with van der Waals surface area (Å²) in [4.78, 5) is 17.4. The second-order valence-corrected chi connectivity index (χ2v) is 7.64. The van der Waals surface area contributed by atoms with Gasteiger partial charge in [-0.05, 0) is 43.4 Å². The molecule has 0 radical (unpaired) electrons. The van der Waals surface area contributed by atoms with Crippen LogP contribution >= 0.6 is 0 Å². The van der Waals surface area contributed by atoms with Gasteiger partial charge in [-0.25, -0.2) is 0 Å². The van der Waals surface area contributed by atoms with Crippen LogP contribution in [0.1, 0.15) is 36.9 Å². The molecule has 1 aromatic carbocycles. The van der Waals surface area contributed by atoms with E-state index in [2.05, 4.69) is 46.1 Å². The summed E-state index contributed by atoms with van der Waals surface area (Å²) in [5.74, 6) is 0.254. The number of hydrogen-bond donors (Lipinski definition) is 0. The van der Waals surface area contributed by atoms with Crippen LogP contribution in [-0.4, -0.2) is 57.7 Å². The average molecular weight is 352 g/mol. The summed E-state index contributed by atoms with van der Waals surface area (Å²) in [7, 11) is 0. The largest absolute Gasteiger partial charge is 0.341 e. The third kappa shape index (κ3) is 3.68. The number of carbonyl (C=O) groups excluding carboxylic acids is 1. The number of fused-ring (bicyclic) bond motifs is 1. The van der Waals surface area contributed by atoms with Crippen molar-refractivity contribution in [3.8, 4) is 0 Å². The highest BCUT2D eigenvalue weighted by Gasteiger charge is 2.29. The molecule has 1 aliphatic carbocycles. The molecule has 4 rings (SSSR count). The van der Waals surface area contributed by atoms with Crippen molar-refractivity contribution in [2.75, 3.05) is 26.2 Å². The Morgan fingerprint density at radius 1 is 1.12 bits per heavy atom. The Kier molecular flexibility index (Phi) is 5.07. The molecule has 0 unspecified atom stereocenters. The number of nitrogens with zero attached hydrogens (tertiary/aromatic N) is 4. The first kappa shape index (κ1) is 17.3. The van der Waals surface area contributed by atoms with Crippen LogP contribution in [0.25, 0.3) is 0 Å². The molecule has 2 aromatic rings. The molecule has 5 nitrogen and oxygen atoms in total. The first-order chi connectivity index (χ1) is 12.7. The topological polar surface area (TPSA) is 41.4 Å². The summed E-state index contributed by atoms with van der Waals surface area (Å²) in [5.41, 5.74) is 3.01. The number of aromatic nitrogens is 2. The van der Waals surface area contributed by atoms with Crippen molar-refractivity contribution in [2.45, 2.75) is 44.7 Å². The summed E-state index contributed by atoms with van der Waals surface area (Å²) in [6.07, 6.45) is 7.59. The van der Waals surface area contributed by atoms with Crippen molar-refractivity contribution in [3.05, 3.63) is 53.9 Å². The molecule has 1 amide bonds. The van der Waals surface area contributed by atoms with Gasteiger partial charge < -0.3 is 4.90 Å². The predicted octanol–water partition coefficient (Wildman–Crippen LogP) is 2.54. The SMILES string of the molecule is C[C@@H](CC(=O)N1CCCN(C2Cc3ccccc3C2)CC1)n1cccn1. The summed E-state index contributed by atoms with van der Waals surface area (Å²) < 4.78 is 1.87. The van der Waals surface area contributed by atoms with Crippen molar-refractivity contribution in [1.29, 1.82) is 0 Å². The lowest BCUT2D eigenvalue weighted by Gasteiger charge is -2.27. The fourth-order valence-corrected chi connectivity index (χ4v) is 4.36. The van der Waals surface area contributed by atoms with E-state index in [0.717, 1.165) is 45.4 Å². The van der Waals surface area contributed by atoms with Crippen molar-refractivity contribution in [3.63, 3.8) is 0 Å². The van der Waals surface area contributed by atoms with E-state index in [4.69, 9.17) is 0 Å². The molecule has 0 N–H and O–H groups in total. The normalized spacial score (nSPS) is 20.0. The van der Waals surface area contributed by atoms with Crippen LogP contribution in [0.3, 0.4) is 0 Å². The van der Waals surface area contributed by atoms with Crippen LogP contribution in [0.4, 0.5) is 0 Å². The third-order valence-electron chi connectivity index (χ3n) is 5.88. The van der Waals surface area contributed by atoms with E-state index < -0.39 is 0 Å². The van der Waals surface area contributed by atoms with Gasteiger partial charge in [-0.15, -0.1) is 0 Å². The van der Waals surface area contributed by atoms with Gasteiger partial charge >= 0.3 is 0 Å². The number of benzene rings is 1. The Balaban J connectivity index is 1.32. The molecule has 2 aliphatic rings. The fraction of sp³-hybridized carbons (Fsp3) is 0.524. The molecule has 0 spiro atoms. The van der Waals surface area contributed by atoms with Gasteiger partial charge in [-0.1, -0.05) is 24.3 Å². The van der Waals surface area contributed by atoms with Gasteiger partial charge in [0.2, 0.25) is 5.91 Å². The summed E-state index contributed by atoms with van der Waals surface area (Å²) >= 11 is 0. The van der Waals surface area contributed by atoms with E-state index in [1.807, 2.05) is 16.9 Å². The first-order valence-electron chi connectivity index (χ1n) is 9.78. The van der Waals surface area contributed by atoms with Crippen LogP contribution in [0.15, 0.2) is 42.7 Å². The third-order valence-corrected chi connectivity index (χ3v) is 5.88. The number of rotatable bonds is 4. The molecule has 0 bridgehead atoms. The second-order valence-electron chi connectivity index (χ2n) is 7.64. The molecular weight excluding hydrogens is 324 g/mol. The fourth-order valence-electron chi connectivity index (χ4n) is 4.36. The lowest BCUT2D eigenvalue weighted by molar-refractivity contribution is -0.131. The molecule has 138 valence electrons. The maximum atomic E-state index is 12.7. The predicted molar refractivity (Wildman–Crippen MR) is 102 cm³/mol. The van der Waals surface area contributed by atoms with Gasteiger partial charge in [-0.2, -0.15) is 5.10 Å². The molecule has 0 saturated carbocycles. The van der Waals surface area contributed by atoms with E-state index in [1.165, 1.54) is 11.1 Å². The number of amides is 1. The summed E-state index contributed by atoms with van der Waals surface area (Å²) in [6, 6.07) is 11.4. The highest BCUT2D eigenvalue weighted by Crippen LogP contribution is 2.26. The number of hydrogen-bond acceptors (Lipinski definition) is 3. The highest BCUT2D eigenvalue weighted by molar-refractivity contribution is 5.76. The van der Waals surface area contributed by atoms with E-state index in [-0.39, 0.29) is 11.9 Å². The summed E-state index contributed by atoms with van der Waals surface area (Å²) in [6.45, 7) is 5.86. The standard InChI is InChI=1S/C21H28N4O/c1-17(25-11-4-8-22-25)14-21(26)24-10-5-9-23(12-13-24)20-15-18-6-2-3-7-19(18)16-20/h2-4,6-8,11,17,20H,5,9-10,12-16H2,1H3/t17-/m0/s1. The van der Waals surface area contributed by atoms with Gasteiger partial charge in [0.05, 0.1) is 6.04 Å². The Morgan fingerprint density at radius 3 is 2.58 bits per heavy atom. The Hall–Kier alpha value is -2.14. The Bertz CT molecular complexity index is 717. The smallest absolute Gasteiger partial charge is 0.224 e. The van der Waals surface area contributed by atoms with Gasteiger partial charge in [0.25, 0.3) is 0 Å². The van der Waals surface area contributed by atoms with Crippen LogP contribution < -0.4 is 0 Å². The average Bonchev–Trinajstić information content (AvgIpc) is 3.26. The molecule has 26 heavy (non-hydrogen) atoms. The van der Waals surface area contributed by atoms with E-state index >= 15 is 0 Å². The van der Waals surface area contributed by atoms with E-state index in [9.17, 15) is 4.79 Å². The molecule has 5 heteroatoms. The lowest BCUT2D eigenvalue weighted by Crippen LogP contribution is -2.40. The summed E-state index contributed by atoms with van der Waals surface area (Å²) in [5, 5.41) is 4.25. The quantitative estimate of drug-likeness (QED) is 0.849. The molecule has 1 saturated heterocycles. The minimum absolute atomic E-state index is 0.112. The van der Waals surface area contributed by atoms with Crippen LogP contribution in [-0.2, 0) is 17.6 Å². The van der Waals surface area contributed by atoms with E-state index in [1.54, 1.807) is 6.20 Å². The van der Waals surface area contributed by atoms with E-state index in [0.29, 0.717) is 12.5 Å². The zero-order valence-electron chi connectivity index (χ0n) is 15.6. The molecule has 1 fully saturated rings. The number of carbonyl (C=O) groups is 1. The molecule has 1 aromatic heterocycles. The minimum atomic E-state index is 0.112. The Labute approximate surface area is 155 Å². The maximum absolute atomic E-state index is 12.7. The maximum Gasteiger partial charge on any atom is 0.224 e. The molecule has 1 aliphatic heterocycles. The zero-order valence-corrected chi connectivity index (χ0v) is 15.6. The lowest BCUT2D eigenvalue weighted by atomic mass is 10.1. The van der Waals surface area contributed by atoms with Gasteiger partial charge in [0, 0.05) is 51.0 Å². The van der Waals surface area contributed by atoms with Crippen LogP contribution in [0, 0.1) is 0 Å². The molecule has 1 atom stereocenters. The monoisotopic (exact) mass is 352 g/mol. The minimum Gasteiger partial charge on any atom is -0.341 e. The molecule has 2 heterocycles. The van der Waals surface area contributed by atoms with Crippen molar-refractivity contribution < 1.29 is 4.79 Å². The van der Waals surface area contributed by atoms with Crippen LogP contribution in [0.5, 0.6) is 0 Å². The molecular formula is C21H28N4O. The first-order valence-corrected chi connectivity index (χ1v) is 9.78. The Morgan fingerprint density at radius 2 is 1.88 bits per heavy atom. The van der Waals surface area contributed by atoms with Gasteiger partial charge in [-0.3, -0.25) is 14.4 Å². The van der Waals surface area contributed by atoms with Crippen molar-refractivity contribution in [1.82, 2.24) is 19.6 Å². The second kappa shape index (κ2) is 7.62. The van der Waals surface area contributed by atoms with Gasteiger partial charge in [0.1, 0.15) is 0 Å². The van der Waals surface area contributed by atoms with Crippen molar-refractivity contribution >= 4 is 5.91 Å². The highest BCUT2D eigenvalue weighted by atomic mass is 16.2. The van der Waals surface area contributed by atoms with Crippen molar-refractivity contribution in [2.24, 2.45) is 0 Å². The zero-order chi connectivity index (χ0) is 17.9.